The average molecular weight is 491 g/mol. The fraction of sp³-hybridized carbons (Fsp3) is 0.304. The van der Waals surface area contributed by atoms with Gasteiger partial charge in [0.05, 0.1) is 22.5 Å². The van der Waals surface area contributed by atoms with Gasteiger partial charge in [0.25, 0.3) is 5.91 Å². The van der Waals surface area contributed by atoms with Crippen LogP contribution in [0.5, 0.6) is 0 Å². The molecule has 0 unspecified atom stereocenters. The molecular formula is C23H23ClN2O6S. The maximum absolute atomic E-state index is 13.0. The average Bonchev–Trinajstić information content (AvgIpc) is 2.74. The summed E-state index contributed by atoms with van der Waals surface area (Å²) in [5.41, 5.74) is 0.937. The van der Waals surface area contributed by atoms with Gasteiger partial charge < -0.3 is 14.5 Å². The van der Waals surface area contributed by atoms with E-state index in [4.69, 9.17) is 20.8 Å². The lowest BCUT2D eigenvalue weighted by atomic mass is 10.1. The van der Waals surface area contributed by atoms with Gasteiger partial charge in [-0.1, -0.05) is 11.6 Å². The van der Waals surface area contributed by atoms with E-state index in [1.54, 1.807) is 13.0 Å². The molecule has 4 rings (SSSR count). The van der Waals surface area contributed by atoms with E-state index < -0.39 is 21.4 Å². The quantitative estimate of drug-likeness (QED) is 0.596. The number of fused-ring (bicyclic) bond motifs is 1. The van der Waals surface area contributed by atoms with E-state index in [9.17, 15) is 18.0 Å². The molecule has 2 atom stereocenters. The van der Waals surface area contributed by atoms with Gasteiger partial charge in [-0.15, -0.1) is 0 Å². The molecule has 2 aromatic carbocycles. The van der Waals surface area contributed by atoms with E-state index in [0.29, 0.717) is 16.3 Å². The lowest BCUT2D eigenvalue weighted by molar-refractivity contribution is -0.0440. The molecule has 0 radical (unpaired) electrons. The van der Waals surface area contributed by atoms with Gasteiger partial charge in [-0.3, -0.25) is 9.59 Å². The minimum absolute atomic E-state index is 0.117. The molecule has 3 aromatic rings. The number of morpholine rings is 1. The molecule has 10 heteroatoms. The third-order valence-corrected chi connectivity index (χ3v) is 7.62. The second-order valence-electron chi connectivity index (χ2n) is 8.13. The van der Waals surface area contributed by atoms with Crippen molar-refractivity contribution in [1.82, 2.24) is 4.31 Å². The number of hydrogen-bond acceptors (Lipinski definition) is 6. The largest absolute Gasteiger partial charge is 0.451 e. The predicted octanol–water partition coefficient (Wildman–Crippen LogP) is 3.81. The molecule has 1 aliphatic heterocycles. The van der Waals surface area contributed by atoms with Crippen molar-refractivity contribution in [2.45, 2.75) is 37.9 Å². The number of benzene rings is 2. The Balaban J connectivity index is 1.54. The Kier molecular flexibility index (Phi) is 6.32. The molecule has 1 fully saturated rings. The van der Waals surface area contributed by atoms with Crippen LogP contribution in [-0.4, -0.2) is 43.9 Å². The van der Waals surface area contributed by atoms with E-state index in [1.807, 2.05) is 13.8 Å². The summed E-state index contributed by atoms with van der Waals surface area (Å²) in [6.45, 7) is 5.98. The Labute approximate surface area is 196 Å². The molecule has 1 aliphatic rings. The summed E-state index contributed by atoms with van der Waals surface area (Å²) in [6, 6.07) is 10.0. The number of sulfonamides is 1. The van der Waals surface area contributed by atoms with Gasteiger partial charge in [0.1, 0.15) is 5.58 Å². The van der Waals surface area contributed by atoms with E-state index >= 15 is 0 Å². The van der Waals surface area contributed by atoms with Gasteiger partial charge in [0.15, 0.2) is 11.2 Å². The number of carbonyl (C=O) groups excluding carboxylic acids is 1. The fourth-order valence-corrected chi connectivity index (χ4v) is 5.52. The molecule has 1 N–H and O–H groups in total. The molecule has 1 saturated heterocycles. The summed E-state index contributed by atoms with van der Waals surface area (Å²) < 4.78 is 38.6. The van der Waals surface area contributed by atoms with Gasteiger partial charge in [-0.25, -0.2) is 8.42 Å². The van der Waals surface area contributed by atoms with Crippen molar-refractivity contribution in [3.05, 3.63) is 69.0 Å². The Morgan fingerprint density at radius 1 is 1.09 bits per heavy atom. The molecule has 33 heavy (non-hydrogen) atoms. The van der Waals surface area contributed by atoms with E-state index in [0.717, 1.165) is 6.07 Å². The molecular weight excluding hydrogens is 468 g/mol. The minimum Gasteiger partial charge on any atom is -0.451 e. The van der Waals surface area contributed by atoms with Crippen LogP contribution < -0.4 is 10.7 Å². The number of halogens is 1. The number of aryl methyl sites for hydroxylation is 1. The van der Waals surface area contributed by atoms with E-state index in [-0.39, 0.29) is 46.9 Å². The fourth-order valence-electron chi connectivity index (χ4n) is 3.77. The third kappa shape index (κ3) is 4.81. The van der Waals surface area contributed by atoms with Crippen LogP contribution in [0.2, 0.25) is 5.02 Å². The van der Waals surface area contributed by atoms with Crippen molar-refractivity contribution in [3.8, 4) is 0 Å². The summed E-state index contributed by atoms with van der Waals surface area (Å²) in [7, 11) is -3.69. The molecule has 174 valence electrons. The van der Waals surface area contributed by atoms with Crippen LogP contribution in [0.25, 0.3) is 11.0 Å². The molecule has 0 aliphatic carbocycles. The first kappa shape index (κ1) is 23.4. The number of rotatable bonds is 4. The zero-order valence-corrected chi connectivity index (χ0v) is 19.9. The maximum Gasteiger partial charge on any atom is 0.291 e. The van der Waals surface area contributed by atoms with Gasteiger partial charge in [0.2, 0.25) is 10.0 Å². The summed E-state index contributed by atoms with van der Waals surface area (Å²) >= 11 is 6.07. The van der Waals surface area contributed by atoms with Crippen LogP contribution in [0.15, 0.2) is 56.6 Å². The Bertz CT molecular complexity index is 1370. The van der Waals surface area contributed by atoms with Crippen molar-refractivity contribution in [2.24, 2.45) is 0 Å². The second-order valence-corrected chi connectivity index (χ2v) is 10.5. The third-order valence-electron chi connectivity index (χ3n) is 5.37. The van der Waals surface area contributed by atoms with Crippen LogP contribution in [0.4, 0.5) is 5.69 Å². The van der Waals surface area contributed by atoms with Gasteiger partial charge in [-0.2, -0.15) is 4.31 Å². The Hall–Kier alpha value is -2.72. The number of nitrogens with one attached hydrogen (secondary N) is 1. The van der Waals surface area contributed by atoms with Gasteiger partial charge in [-0.05, 0) is 62.7 Å². The minimum atomic E-state index is -3.69. The standard InChI is InChI=1S/C23H23ClN2O6S/c1-13-8-21-18(9-19(13)24)20(27)10-22(32-21)23(28)25-16-4-6-17(7-5-16)33(29,30)26-11-14(2)31-15(3)12-26/h4-10,14-15H,11-12H2,1-3H3,(H,25,28)/t14-,15-/m1/s1. The second kappa shape index (κ2) is 8.90. The molecule has 0 saturated carbocycles. The van der Waals surface area contributed by atoms with Crippen LogP contribution in [0.1, 0.15) is 30.0 Å². The van der Waals surface area contributed by atoms with Crippen molar-refractivity contribution >= 4 is 44.2 Å². The number of nitrogens with zero attached hydrogens (tertiary/aromatic N) is 1. The van der Waals surface area contributed by atoms with E-state index in [1.165, 1.54) is 34.6 Å². The molecule has 0 bridgehead atoms. The topological polar surface area (TPSA) is 106 Å². The monoisotopic (exact) mass is 490 g/mol. The summed E-state index contributed by atoms with van der Waals surface area (Å²) in [4.78, 5) is 25.2. The highest BCUT2D eigenvalue weighted by atomic mass is 35.5. The van der Waals surface area contributed by atoms with Crippen LogP contribution >= 0.6 is 11.6 Å². The van der Waals surface area contributed by atoms with Crippen LogP contribution in [0.3, 0.4) is 0 Å². The van der Waals surface area contributed by atoms with Crippen molar-refractivity contribution < 1.29 is 22.4 Å². The van der Waals surface area contributed by atoms with Crippen molar-refractivity contribution in [3.63, 3.8) is 0 Å². The molecule has 1 amide bonds. The highest BCUT2D eigenvalue weighted by molar-refractivity contribution is 7.89. The first-order valence-electron chi connectivity index (χ1n) is 10.4. The SMILES string of the molecule is Cc1cc2oc(C(=O)Nc3ccc(S(=O)(=O)N4C[C@@H](C)O[C@H](C)C4)cc3)cc(=O)c2cc1Cl. The Morgan fingerprint density at radius 3 is 2.36 bits per heavy atom. The zero-order valence-electron chi connectivity index (χ0n) is 18.3. The Morgan fingerprint density at radius 2 is 1.73 bits per heavy atom. The summed E-state index contributed by atoms with van der Waals surface area (Å²) in [5.74, 6) is -0.796. The lowest BCUT2D eigenvalue weighted by Crippen LogP contribution is -2.48. The van der Waals surface area contributed by atoms with E-state index in [2.05, 4.69) is 5.32 Å². The first-order valence-corrected chi connectivity index (χ1v) is 12.2. The normalized spacial score (nSPS) is 19.5. The molecule has 1 aromatic heterocycles. The zero-order chi connectivity index (χ0) is 23.9. The summed E-state index contributed by atoms with van der Waals surface area (Å²) in [5, 5.41) is 3.34. The number of amides is 1. The first-order chi connectivity index (χ1) is 15.5. The predicted molar refractivity (Wildman–Crippen MR) is 125 cm³/mol. The number of carbonyl (C=O) groups is 1. The van der Waals surface area contributed by atoms with Crippen molar-refractivity contribution in [1.29, 1.82) is 0 Å². The highest BCUT2D eigenvalue weighted by Gasteiger charge is 2.32. The smallest absolute Gasteiger partial charge is 0.291 e. The number of ether oxygens (including phenoxy) is 1. The van der Waals surface area contributed by atoms with Crippen molar-refractivity contribution in [2.75, 3.05) is 18.4 Å². The summed E-state index contributed by atoms with van der Waals surface area (Å²) in [6.07, 6.45) is -0.392. The molecule has 0 spiro atoms. The lowest BCUT2D eigenvalue weighted by Gasteiger charge is -2.34. The van der Waals surface area contributed by atoms with Gasteiger partial charge in [0, 0.05) is 29.9 Å². The number of hydrogen-bond donors (Lipinski definition) is 1. The molecule has 8 nitrogen and oxygen atoms in total. The van der Waals surface area contributed by atoms with Gasteiger partial charge >= 0.3 is 0 Å². The highest BCUT2D eigenvalue weighted by Crippen LogP contribution is 2.24. The maximum atomic E-state index is 13.0. The molecule has 2 heterocycles. The number of anilines is 1. The van der Waals surface area contributed by atoms with Crippen LogP contribution in [-0.2, 0) is 14.8 Å². The van der Waals surface area contributed by atoms with Crippen LogP contribution in [0, 0.1) is 6.92 Å².